The van der Waals surface area contributed by atoms with Gasteiger partial charge in [-0.05, 0) is 139 Å². The largest absolute Gasteiger partial charge is 0.508 e. The van der Waals surface area contributed by atoms with Crippen LogP contribution in [0, 0.1) is 11.3 Å². The maximum Gasteiger partial charge on any atom is 0.302 e. The fourth-order valence-corrected chi connectivity index (χ4v) is 12.0. The van der Waals surface area contributed by atoms with Gasteiger partial charge in [0, 0.05) is 86.3 Å². The summed E-state index contributed by atoms with van der Waals surface area (Å²) in [7, 11) is 1.46. The Morgan fingerprint density at radius 3 is 2.46 bits per heavy atom. The predicted molar refractivity (Wildman–Crippen MR) is 291 cm³/mol. The molecule has 1 spiro atoms. The van der Waals surface area contributed by atoms with Gasteiger partial charge in [-0.3, -0.25) is 14.4 Å². The average Bonchev–Trinajstić information content (AvgIpc) is 4.04. The molecule has 4 aromatic carbocycles. The first kappa shape index (κ1) is 51.5. The van der Waals surface area contributed by atoms with Crippen LogP contribution in [0.2, 0.25) is 0 Å². The van der Waals surface area contributed by atoms with Crippen molar-refractivity contribution in [2.45, 2.75) is 103 Å². The number of aromatic hydroxyl groups is 3. The number of phenolic OH excluding ortho intramolecular Hbond substituents is 3. The van der Waals surface area contributed by atoms with Gasteiger partial charge in [0.15, 0.2) is 11.5 Å². The Morgan fingerprint density at radius 2 is 1.70 bits per heavy atom. The summed E-state index contributed by atoms with van der Waals surface area (Å²) in [6.45, 7) is 5.97. The third-order valence-corrected chi connectivity index (χ3v) is 15.9. The first-order valence-electron chi connectivity index (χ1n) is 26.3. The number of rotatable bonds is 9. The van der Waals surface area contributed by atoms with Gasteiger partial charge in [0.05, 0.1) is 24.9 Å². The summed E-state index contributed by atoms with van der Waals surface area (Å²) in [5, 5.41) is 50.0. The van der Waals surface area contributed by atoms with Crippen molar-refractivity contribution in [3.05, 3.63) is 173 Å². The third-order valence-electron chi connectivity index (χ3n) is 15.9. The maximum atomic E-state index is 15.1. The number of aliphatic hydroxyl groups is 1. The predicted octanol–water partition coefficient (Wildman–Crippen LogP) is 11.0. The number of anilines is 1. The number of ether oxygens (including phenoxy) is 3. The van der Waals surface area contributed by atoms with Crippen LogP contribution in [0.15, 0.2) is 139 Å². The molecule has 4 heterocycles. The fourth-order valence-electron chi connectivity index (χ4n) is 12.0. The van der Waals surface area contributed by atoms with E-state index in [2.05, 4.69) is 75.5 Å². The van der Waals surface area contributed by atoms with Crippen LogP contribution in [0.5, 0.6) is 34.5 Å². The van der Waals surface area contributed by atoms with Crippen LogP contribution in [0.1, 0.15) is 111 Å². The van der Waals surface area contributed by atoms with E-state index in [0.29, 0.717) is 57.2 Å². The average molecular weight is 1030 g/mol. The molecule has 14 heteroatoms. The standard InChI is InChI=1S/C62H66N4O10/c1-37-9-5-6-21-62(37)22-18-49(75-39(3)68)31-47(71)32-55(42-27-57(73)61(58(28-42)74-4)76-48-13-8-12-46(70)30-48)66-36-52-53(15-14-50-56(72)17-16-54(66)60(50)52)65(24-20-38(2)67)59-29-41(19-23-64-59)51(40-10-7-11-45(69)25-40)26-43-34-63-35-44(43)33-62/h5-15,19,21,25,27-30,34-37,49,51,55-56,63-64,69-70,72-73H,16-18,20,22-24,26,31-33H2,1-4H3/t37-,49+,51-,55-,56+,62-/m0/s1. The lowest BCUT2D eigenvalue weighted by Gasteiger charge is -2.38. The summed E-state index contributed by atoms with van der Waals surface area (Å²) >= 11 is 0. The normalized spacial score (nSPS) is 22.8. The van der Waals surface area contributed by atoms with Gasteiger partial charge in [-0.15, -0.1) is 0 Å². The van der Waals surface area contributed by atoms with E-state index in [0.717, 1.165) is 55.8 Å². The number of benzene rings is 4. The van der Waals surface area contributed by atoms with E-state index in [-0.39, 0.29) is 77.2 Å². The molecule has 2 aliphatic carbocycles. The Kier molecular flexibility index (Phi) is 14.7. The van der Waals surface area contributed by atoms with Gasteiger partial charge in [0.1, 0.15) is 40.7 Å². The van der Waals surface area contributed by atoms with Gasteiger partial charge >= 0.3 is 5.97 Å². The van der Waals surface area contributed by atoms with E-state index in [1.54, 1.807) is 37.3 Å². The number of aromatic amines is 1. The zero-order valence-corrected chi connectivity index (χ0v) is 43.4. The quantitative estimate of drug-likeness (QED) is 0.0751. The summed E-state index contributed by atoms with van der Waals surface area (Å²) in [5.41, 5.74) is 6.76. The van der Waals surface area contributed by atoms with Crippen molar-refractivity contribution in [3.8, 4) is 34.5 Å². The van der Waals surface area contributed by atoms with Crippen LogP contribution in [0.3, 0.4) is 0 Å². The lowest BCUT2D eigenvalue weighted by atomic mass is 9.66. The number of esters is 1. The highest BCUT2D eigenvalue weighted by Crippen LogP contribution is 2.49. The van der Waals surface area contributed by atoms with Gasteiger partial charge in [-0.2, -0.15) is 0 Å². The molecule has 4 bridgehead atoms. The van der Waals surface area contributed by atoms with Gasteiger partial charge in [0.25, 0.3) is 0 Å². The Balaban J connectivity index is 1.18. The van der Waals surface area contributed by atoms with Crippen LogP contribution >= 0.6 is 0 Å². The monoisotopic (exact) mass is 1030 g/mol. The first-order valence-corrected chi connectivity index (χ1v) is 26.3. The molecular weight excluding hydrogens is 961 g/mol. The summed E-state index contributed by atoms with van der Waals surface area (Å²) in [6.07, 6.45) is 20.8. The second kappa shape index (κ2) is 21.7. The second-order valence-electron chi connectivity index (χ2n) is 20.9. The number of carbonyl (C=O) groups excluding carboxylic acids is 3. The van der Waals surface area contributed by atoms with E-state index in [1.807, 2.05) is 36.5 Å². The second-order valence-corrected chi connectivity index (χ2v) is 20.9. The first-order chi connectivity index (χ1) is 36.7. The van der Waals surface area contributed by atoms with Gasteiger partial charge in [-0.1, -0.05) is 61.6 Å². The molecule has 14 nitrogen and oxygen atoms in total. The number of aromatic nitrogens is 2. The number of H-pyrrole nitrogens is 1. The van der Waals surface area contributed by atoms with E-state index in [1.165, 1.54) is 26.2 Å². The van der Waals surface area contributed by atoms with Crippen molar-refractivity contribution in [1.29, 1.82) is 0 Å². The number of aryl methyl sites for hydroxylation is 1. The molecule has 0 unspecified atom stereocenters. The van der Waals surface area contributed by atoms with Crippen LogP contribution in [0.4, 0.5) is 5.69 Å². The topological polar surface area (TPSA) is 196 Å². The Labute approximate surface area is 442 Å². The Bertz CT molecular complexity index is 3320. The summed E-state index contributed by atoms with van der Waals surface area (Å²) < 4.78 is 20.2. The molecule has 394 valence electrons. The molecule has 2 aliphatic heterocycles. The number of nitrogens with zero attached hydrogens (tertiary/aromatic N) is 2. The van der Waals surface area contributed by atoms with Crippen molar-refractivity contribution < 1.29 is 49.0 Å². The molecule has 6 N–H and O–H groups in total. The zero-order chi connectivity index (χ0) is 53.3. The van der Waals surface area contributed by atoms with Crippen molar-refractivity contribution in [2.24, 2.45) is 11.3 Å². The lowest BCUT2D eigenvalue weighted by molar-refractivity contribution is -0.148. The molecule has 0 saturated carbocycles. The lowest BCUT2D eigenvalue weighted by Crippen LogP contribution is -2.35. The van der Waals surface area contributed by atoms with E-state index in [9.17, 15) is 30.0 Å². The van der Waals surface area contributed by atoms with Crippen molar-refractivity contribution in [3.63, 3.8) is 0 Å². The number of aliphatic hydroxyl groups excluding tert-OH is 1. The number of nitrogens with one attached hydrogen (secondary N) is 2. The number of allylic oxidation sites excluding steroid dienone is 6. The SMILES string of the molecule is COc1cc([C@@H]2CC(=O)C[C@H](OC(C)=O)CC[C@@]3(C=CC=C[C@@H]3C)Cc3c[nH]cc3C[C@@H](c3cccc(O)c3)C3=CCNC(=C3)N(CCC(C)=O)c3ccc4c5c(n2cc35)CC[C@H]4O)cc(O)c1Oc1cccc(O)c1. The number of dihydropyridines is 1. The third kappa shape index (κ3) is 10.6. The smallest absolute Gasteiger partial charge is 0.302 e. The summed E-state index contributed by atoms with van der Waals surface area (Å²) in [6, 6.07) is 20.1. The van der Waals surface area contributed by atoms with E-state index < -0.39 is 29.6 Å². The van der Waals surface area contributed by atoms with Crippen molar-refractivity contribution in [2.75, 3.05) is 25.1 Å². The van der Waals surface area contributed by atoms with E-state index in [4.69, 9.17) is 14.2 Å². The molecule has 0 fully saturated rings. The number of Topliss-reactive ketones (excluding diaryl/α,β-unsaturated/α-hetero) is 2. The summed E-state index contributed by atoms with van der Waals surface area (Å²) in [4.78, 5) is 46.5. The van der Waals surface area contributed by atoms with Crippen molar-refractivity contribution in [1.82, 2.24) is 14.9 Å². The zero-order valence-electron chi connectivity index (χ0n) is 43.4. The molecule has 76 heavy (non-hydrogen) atoms. The molecule has 6 aromatic rings. The molecular formula is C62H66N4O10. The number of carbonyl (C=O) groups is 3. The fraction of sp³-hybridized carbons (Fsp3) is 0.339. The molecule has 2 aromatic heterocycles. The molecule has 0 radical (unpaired) electrons. The molecule has 6 atom stereocenters. The summed E-state index contributed by atoms with van der Waals surface area (Å²) in [5.74, 6) is 0.386. The van der Waals surface area contributed by atoms with Crippen LogP contribution < -0.4 is 19.7 Å². The van der Waals surface area contributed by atoms with Crippen LogP contribution in [-0.2, 0) is 38.4 Å². The molecule has 0 saturated heterocycles. The van der Waals surface area contributed by atoms with Crippen LogP contribution in [-0.4, -0.2) is 73.8 Å². The molecule has 4 aliphatic rings. The minimum Gasteiger partial charge on any atom is -0.508 e. The maximum absolute atomic E-state index is 15.1. The van der Waals surface area contributed by atoms with Gasteiger partial charge in [0.2, 0.25) is 5.75 Å². The number of hydrogen-bond donors (Lipinski definition) is 6. The number of ketones is 2. The minimum atomic E-state index is -0.768. The van der Waals surface area contributed by atoms with Gasteiger partial charge in [-0.25, -0.2) is 0 Å². The Hall–Kier alpha value is -7.97. The number of methoxy groups -OCH3 is 1. The molecule has 10 rings (SSSR count). The minimum absolute atomic E-state index is 0.0149. The van der Waals surface area contributed by atoms with Crippen molar-refractivity contribution >= 4 is 34.0 Å². The van der Waals surface area contributed by atoms with E-state index >= 15 is 4.79 Å². The highest BCUT2D eigenvalue weighted by Gasteiger charge is 2.38. The number of phenols is 3. The van der Waals surface area contributed by atoms with Crippen LogP contribution in [0.25, 0.3) is 10.8 Å². The number of hydrogen-bond acceptors (Lipinski definition) is 12. The highest BCUT2D eigenvalue weighted by atomic mass is 16.5. The number of fused-ring (bicyclic) bond motifs is 4. The Morgan fingerprint density at radius 1 is 0.895 bits per heavy atom. The van der Waals surface area contributed by atoms with Gasteiger partial charge < -0.3 is 54.4 Å². The highest BCUT2D eigenvalue weighted by molar-refractivity contribution is 6.00. The molecule has 0 amide bonds.